The molecule has 1 amide bonds. The highest BCUT2D eigenvalue weighted by molar-refractivity contribution is 7.13. The molecular weight excluding hydrogens is 396 g/mol. The summed E-state index contributed by atoms with van der Waals surface area (Å²) in [6.07, 6.45) is 0.719. The van der Waals surface area contributed by atoms with Gasteiger partial charge in [-0.2, -0.15) is 0 Å². The summed E-state index contributed by atoms with van der Waals surface area (Å²) < 4.78 is 12.7. The maximum atomic E-state index is 12.7. The maximum Gasteiger partial charge on any atom is 0.239 e. The molecule has 2 aromatic carbocycles. The lowest BCUT2D eigenvalue weighted by Gasteiger charge is -2.12. The Hall–Kier alpha value is -3.25. The number of carbonyl (C=O) groups excluding carboxylic acids is 1. The molecule has 154 valence electrons. The van der Waals surface area contributed by atoms with E-state index in [2.05, 4.69) is 39.5 Å². The molecule has 0 saturated heterocycles. The minimum absolute atomic E-state index is 0.00497. The van der Waals surface area contributed by atoms with Gasteiger partial charge < -0.3 is 19.4 Å². The molecule has 1 N–H and O–H groups in total. The van der Waals surface area contributed by atoms with Crippen molar-refractivity contribution in [3.05, 3.63) is 71.6 Å². The van der Waals surface area contributed by atoms with E-state index < -0.39 is 0 Å². The molecule has 5 nitrogen and oxygen atoms in total. The number of nitrogens with zero attached hydrogens (tertiary/aromatic N) is 1. The van der Waals surface area contributed by atoms with Gasteiger partial charge in [-0.3, -0.25) is 4.79 Å². The second-order valence-electron chi connectivity index (χ2n) is 6.94. The highest BCUT2D eigenvalue weighted by Crippen LogP contribution is 2.31. The summed E-state index contributed by atoms with van der Waals surface area (Å²) >= 11 is 1.68. The Bertz CT molecular complexity index is 1150. The second-order valence-corrected chi connectivity index (χ2v) is 7.89. The van der Waals surface area contributed by atoms with Crippen LogP contribution < -0.4 is 14.8 Å². The van der Waals surface area contributed by atoms with Crippen LogP contribution in [0.4, 0.5) is 0 Å². The average Bonchev–Trinajstić information content (AvgIpc) is 3.42. The molecule has 0 aliphatic heterocycles. The number of ether oxygens (including phenoxy) is 2. The Morgan fingerprint density at radius 2 is 1.83 bits per heavy atom. The van der Waals surface area contributed by atoms with Crippen molar-refractivity contribution in [1.82, 2.24) is 9.88 Å². The first-order valence-electron chi connectivity index (χ1n) is 9.79. The second kappa shape index (κ2) is 9.05. The summed E-state index contributed by atoms with van der Waals surface area (Å²) in [6, 6.07) is 20.3. The molecule has 0 fully saturated rings. The van der Waals surface area contributed by atoms with Crippen molar-refractivity contribution in [2.24, 2.45) is 0 Å². The number of aromatic nitrogens is 1. The molecule has 0 atom stereocenters. The predicted octanol–water partition coefficient (Wildman–Crippen LogP) is 4.75. The Labute approximate surface area is 179 Å². The highest BCUT2D eigenvalue weighted by atomic mass is 32.1. The third kappa shape index (κ3) is 4.19. The minimum Gasteiger partial charge on any atom is -0.493 e. The van der Waals surface area contributed by atoms with Crippen LogP contribution >= 0.6 is 11.3 Å². The summed E-state index contributed by atoms with van der Waals surface area (Å²) in [4.78, 5) is 13.9. The number of hydrogen-bond donors (Lipinski definition) is 1. The van der Waals surface area contributed by atoms with Gasteiger partial charge in [0, 0.05) is 17.4 Å². The lowest BCUT2D eigenvalue weighted by molar-refractivity contribution is -0.121. The zero-order valence-corrected chi connectivity index (χ0v) is 17.9. The van der Waals surface area contributed by atoms with Crippen molar-refractivity contribution in [3.8, 4) is 22.1 Å². The Balaban J connectivity index is 1.45. The largest absolute Gasteiger partial charge is 0.493 e. The SMILES string of the molecule is COc1ccc(CCNC(=O)Cn2c(-c3cccs3)cc3ccccc32)cc1OC. The van der Waals surface area contributed by atoms with Gasteiger partial charge in [0.1, 0.15) is 6.54 Å². The lowest BCUT2D eigenvalue weighted by Crippen LogP contribution is -2.29. The molecule has 30 heavy (non-hydrogen) atoms. The van der Waals surface area contributed by atoms with Gasteiger partial charge in [-0.1, -0.05) is 30.3 Å². The third-order valence-electron chi connectivity index (χ3n) is 5.07. The van der Waals surface area contributed by atoms with Crippen LogP contribution in [0.2, 0.25) is 0 Å². The Morgan fingerprint density at radius 1 is 1.00 bits per heavy atom. The number of nitrogens with one attached hydrogen (secondary N) is 1. The van der Waals surface area contributed by atoms with E-state index in [1.165, 1.54) is 0 Å². The van der Waals surface area contributed by atoms with Gasteiger partial charge in [0.05, 0.1) is 24.8 Å². The van der Waals surface area contributed by atoms with Gasteiger partial charge in [0.2, 0.25) is 5.91 Å². The van der Waals surface area contributed by atoms with Gasteiger partial charge in [-0.25, -0.2) is 0 Å². The number of thiophene rings is 1. The summed E-state index contributed by atoms with van der Waals surface area (Å²) in [5.74, 6) is 1.39. The minimum atomic E-state index is -0.00497. The van der Waals surface area contributed by atoms with Gasteiger partial charge in [0.25, 0.3) is 0 Å². The molecule has 0 spiro atoms. The van der Waals surface area contributed by atoms with Crippen LogP contribution in [0.3, 0.4) is 0 Å². The zero-order chi connectivity index (χ0) is 20.9. The van der Waals surface area contributed by atoms with Crippen LogP contribution in [-0.2, 0) is 17.8 Å². The number of benzene rings is 2. The van der Waals surface area contributed by atoms with E-state index in [1.54, 1.807) is 25.6 Å². The van der Waals surface area contributed by atoms with E-state index in [1.807, 2.05) is 36.4 Å². The third-order valence-corrected chi connectivity index (χ3v) is 5.96. The number of para-hydroxylation sites is 1. The van der Waals surface area contributed by atoms with Crippen molar-refractivity contribution in [2.45, 2.75) is 13.0 Å². The van der Waals surface area contributed by atoms with Gasteiger partial charge in [0.15, 0.2) is 11.5 Å². The number of hydrogen-bond acceptors (Lipinski definition) is 4. The van der Waals surface area contributed by atoms with Crippen LogP contribution in [0.1, 0.15) is 5.56 Å². The smallest absolute Gasteiger partial charge is 0.239 e. The number of amides is 1. The van der Waals surface area contributed by atoms with E-state index in [4.69, 9.17) is 9.47 Å². The maximum absolute atomic E-state index is 12.7. The van der Waals surface area contributed by atoms with E-state index in [-0.39, 0.29) is 12.5 Å². The van der Waals surface area contributed by atoms with Crippen molar-refractivity contribution >= 4 is 28.1 Å². The summed E-state index contributed by atoms with van der Waals surface area (Å²) in [6.45, 7) is 0.842. The number of carbonyl (C=O) groups is 1. The molecule has 2 aromatic heterocycles. The highest BCUT2D eigenvalue weighted by Gasteiger charge is 2.14. The van der Waals surface area contributed by atoms with E-state index in [9.17, 15) is 4.79 Å². The van der Waals surface area contributed by atoms with E-state index in [0.717, 1.165) is 33.5 Å². The van der Waals surface area contributed by atoms with Crippen molar-refractivity contribution in [1.29, 1.82) is 0 Å². The molecular formula is C24H24N2O3S. The van der Waals surface area contributed by atoms with Gasteiger partial charge in [-0.05, 0) is 47.7 Å². The topological polar surface area (TPSA) is 52.5 Å². The van der Waals surface area contributed by atoms with Crippen molar-refractivity contribution in [3.63, 3.8) is 0 Å². The average molecular weight is 421 g/mol. The fraction of sp³-hybridized carbons (Fsp3) is 0.208. The Morgan fingerprint density at radius 3 is 2.60 bits per heavy atom. The molecule has 4 aromatic rings. The molecule has 0 radical (unpaired) electrons. The first kappa shape index (κ1) is 20.0. The van der Waals surface area contributed by atoms with Gasteiger partial charge in [-0.15, -0.1) is 11.3 Å². The van der Waals surface area contributed by atoms with Crippen molar-refractivity contribution < 1.29 is 14.3 Å². The van der Waals surface area contributed by atoms with Crippen LogP contribution in [0.25, 0.3) is 21.5 Å². The Kier molecular flexibility index (Phi) is 6.05. The lowest BCUT2D eigenvalue weighted by atomic mass is 10.1. The molecule has 0 saturated carbocycles. The monoisotopic (exact) mass is 420 g/mol. The fourth-order valence-corrected chi connectivity index (χ4v) is 4.34. The zero-order valence-electron chi connectivity index (χ0n) is 17.1. The fourth-order valence-electron chi connectivity index (χ4n) is 3.59. The molecule has 4 rings (SSSR count). The molecule has 0 aliphatic carbocycles. The quantitative estimate of drug-likeness (QED) is 0.448. The van der Waals surface area contributed by atoms with Crippen LogP contribution in [0.15, 0.2) is 66.0 Å². The van der Waals surface area contributed by atoms with Gasteiger partial charge >= 0.3 is 0 Å². The number of fused-ring (bicyclic) bond motifs is 1. The summed E-state index contributed by atoms with van der Waals surface area (Å²) in [5.41, 5.74) is 3.22. The standard InChI is InChI=1S/C24H24N2O3S/c1-28-21-10-9-17(14-22(21)29-2)11-12-25-24(27)16-26-19-7-4-3-6-18(19)15-20(26)23-8-5-13-30-23/h3-10,13-15H,11-12,16H2,1-2H3,(H,25,27). The molecule has 0 aliphatic rings. The normalized spacial score (nSPS) is 10.9. The first-order valence-corrected chi connectivity index (χ1v) is 10.7. The van der Waals surface area contributed by atoms with Crippen LogP contribution in [-0.4, -0.2) is 31.2 Å². The van der Waals surface area contributed by atoms with E-state index >= 15 is 0 Å². The van der Waals surface area contributed by atoms with Crippen LogP contribution in [0.5, 0.6) is 11.5 Å². The first-order chi connectivity index (χ1) is 14.7. The molecule has 2 heterocycles. The van der Waals surface area contributed by atoms with E-state index in [0.29, 0.717) is 18.0 Å². The number of methoxy groups -OCH3 is 2. The summed E-state index contributed by atoms with van der Waals surface area (Å²) in [5, 5.41) is 6.24. The molecule has 0 unspecified atom stereocenters. The van der Waals surface area contributed by atoms with Crippen LogP contribution in [0, 0.1) is 0 Å². The summed E-state index contributed by atoms with van der Waals surface area (Å²) in [7, 11) is 3.24. The number of rotatable bonds is 8. The van der Waals surface area contributed by atoms with Crippen molar-refractivity contribution in [2.75, 3.05) is 20.8 Å². The molecule has 0 bridgehead atoms. The molecule has 6 heteroatoms. The predicted molar refractivity (Wildman–Crippen MR) is 122 cm³/mol.